The van der Waals surface area contributed by atoms with Crippen molar-refractivity contribution >= 4 is 45.1 Å². The van der Waals surface area contributed by atoms with Crippen LogP contribution in [-0.2, 0) is 10.0 Å². The van der Waals surface area contributed by atoms with Gasteiger partial charge in [0.05, 0.1) is 21.8 Å². The van der Waals surface area contributed by atoms with E-state index < -0.39 is 10.0 Å². The van der Waals surface area contributed by atoms with Crippen molar-refractivity contribution in [1.82, 2.24) is 0 Å². The SMILES string of the molecule is NS(=O)(=O)c1ccc(N/N=C/c2ccc(Cl)cc2Cl)cc1. The Hall–Kier alpha value is -1.60. The van der Waals surface area contributed by atoms with E-state index in [0.29, 0.717) is 21.3 Å². The van der Waals surface area contributed by atoms with Gasteiger partial charge in [0.1, 0.15) is 0 Å². The van der Waals surface area contributed by atoms with E-state index in [2.05, 4.69) is 10.5 Å². The third kappa shape index (κ3) is 4.44. The maximum absolute atomic E-state index is 11.1. The Morgan fingerprint density at radius 1 is 1.10 bits per heavy atom. The zero-order valence-electron chi connectivity index (χ0n) is 10.6. The summed E-state index contributed by atoms with van der Waals surface area (Å²) < 4.78 is 22.2. The van der Waals surface area contributed by atoms with Crippen LogP contribution in [0, 0.1) is 0 Å². The number of rotatable bonds is 4. The number of halogens is 2. The average molecular weight is 344 g/mol. The lowest BCUT2D eigenvalue weighted by molar-refractivity contribution is 0.598. The monoisotopic (exact) mass is 343 g/mol. The minimum Gasteiger partial charge on any atom is -0.279 e. The first-order valence-electron chi connectivity index (χ1n) is 5.73. The topological polar surface area (TPSA) is 84.5 Å². The van der Waals surface area contributed by atoms with Gasteiger partial charge >= 0.3 is 0 Å². The van der Waals surface area contributed by atoms with Gasteiger partial charge in [-0.3, -0.25) is 5.43 Å². The van der Waals surface area contributed by atoms with E-state index in [4.69, 9.17) is 28.3 Å². The van der Waals surface area contributed by atoms with Gasteiger partial charge in [0.25, 0.3) is 0 Å². The summed E-state index contributed by atoms with van der Waals surface area (Å²) >= 11 is 11.8. The second-order valence-corrected chi connectivity index (χ2v) is 6.51. The van der Waals surface area contributed by atoms with Crippen LogP contribution in [0.4, 0.5) is 5.69 Å². The molecular formula is C13H11Cl2N3O2S. The smallest absolute Gasteiger partial charge is 0.238 e. The van der Waals surface area contributed by atoms with Crippen LogP contribution < -0.4 is 10.6 Å². The van der Waals surface area contributed by atoms with Crippen LogP contribution in [0.1, 0.15) is 5.56 Å². The fourth-order valence-electron chi connectivity index (χ4n) is 1.50. The highest BCUT2D eigenvalue weighted by atomic mass is 35.5. The lowest BCUT2D eigenvalue weighted by Crippen LogP contribution is -2.11. The molecule has 0 aromatic heterocycles. The Bertz CT molecular complexity index is 775. The molecule has 0 saturated carbocycles. The second-order valence-electron chi connectivity index (χ2n) is 4.11. The minimum atomic E-state index is -3.69. The number of primary sulfonamides is 1. The van der Waals surface area contributed by atoms with E-state index in [1.807, 2.05) is 0 Å². The molecule has 0 bridgehead atoms. The summed E-state index contributed by atoms with van der Waals surface area (Å²) in [5, 5.41) is 10.0. The molecule has 110 valence electrons. The molecule has 2 aromatic carbocycles. The Labute approximate surface area is 132 Å². The van der Waals surface area contributed by atoms with Gasteiger partial charge in [0.15, 0.2) is 0 Å². The molecule has 0 heterocycles. The zero-order chi connectivity index (χ0) is 15.5. The number of nitrogens with two attached hydrogens (primary N) is 1. The Kier molecular flexibility index (Phi) is 4.84. The first-order chi connectivity index (χ1) is 9.86. The molecule has 0 radical (unpaired) electrons. The van der Waals surface area contributed by atoms with Crippen molar-refractivity contribution in [1.29, 1.82) is 0 Å². The predicted molar refractivity (Wildman–Crippen MR) is 85.5 cm³/mol. The third-order valence-electron chi connectivity index (χ3n) is 2.54. The molecule has 2 aromatic rings. The molecule has 0 spiro atoms. The molecule has 8 heteroatoms. The summed E-state index contributed by atoms with van der Waals surface area (Å²) in [6, 6.07) is 11.0. The number of nitrogens with zero attached hydrogens (tertiary/aromatic N) is 1. The first kappa shape index (κ1) is 15.8. The Morgan fingerprint density at radius 3 is 2.33 bits per heavy atom. The summed E-state index contributed by atoms with van der Waals surface area (Å²) in [7, 11) is -3.69. The predicted octanol–water partition coefficient (Wildman–Crippen LogP) is 3.09. The fourth-order valence-corrected chi connectivity index (χ4v) is 2.47. The van der Waals surface area contributed by atoms with E-state index in [1.54, 1.807) is 30.3 Å². The van der Waals surface area contributed by atoms with Crippen LogP contribution in [0.25, 0.3) is 0 Å². The van der Waals surface area contributed by atoms with Gasteiger partial charge < -0.3 is 0 Å². The number of nitrogens with one attached hydrogen (secondary N) is 1. The van der Waals surface area contributed by atoms with Crippen LogP contribution in [0.3, 0.4) is 0 Å². The number of hydrogen-bond donors (Lipinski definition) is 2. The van der Waals surface area contributed by atoms with Crippen molar-refractivity contribution in [3.05, 3.63) is 58.1 Å². The third-order valence-corrected chi connectivity index (χ3v) is 4.03. The molecular weight excluding hydrogens is 333 g/mol. The van der Waals surface area contributed by atoms with Gasteiger partial charge in [-0.2, -0.15) is 5.10 Å². The highest BCUT2D eigenvalue weighted by Crippen LogP contribution is 2.19. The van der Waals surface area contributed by atoms with E-state index in [9.17, 15) is 8.42 Å². The van der Waals surface area contributed by atoms with Crippen LogP contribution in [0.15, 0.2) is 52.5 Å². The van der Waals surface area contributed by atoms with Crippen molar-refractivity contribution in [2.75, 3.05) is 5.43 Å². The zero-order valence-corrected chi connectivity index (χ0v) is 13.0. The second kappa shape index (κ2) is 6.44. The normalized spacial score (nSPS) is 11.8. The highest BCUT2D eigenvalue weighted by molar-refractivity contribution is 7.89. The standard InChI is InChI=1S/C13H11Cl2N3O2S/c14-10-2-1-9(13(15)7-10)8-17-18-11-3-5-12(6-4-11)21(16,19)20/h1-8,18H,(H2,16,19,20)/b17-8+. The summed E-state index contributed by atoms with van der Waals surface area (Å²) in [6.07, 6.45) is 1.53. The minimum absolute atomic E-state index is 0.0396. The molecule has 0 atom stereocenters. The number of hydrogen-bond acceptors (Lipinski definition) is 4. The number of hydrazone groups is 1. The molecule has 0 aliphatic rings. The Morgan fingerprint density at radius 2 is 1.76 bits per heavy atom. The largest absolute Gasteiger partial charge is 0.279 e. The molecule has 3 N–H and O–H groups in total. The summed E-state index contributed by atoms with van der Waals surface area (Å²) in [5.41, 5.74) is 4.07. The lowest BCUT2D eigenvalue weighted by Gasteiger charge is -2.02. The fraction of sp³-hybridized carbons (Fsp3) is 0. The van der Waals surface area contributed by atoms with E-state index >= 15 is 0 Å². The molecule has 2 rings (SSSR count). The maximum Gasteiger partial charge on any atom is 0.238 e. The number of anilines is 1. The van der Waals surface area contributed by atoms with E-state index in [1.165, 1.54) is 18.3 Å². The summed E-state index contributed by atoms with van der Waals surface area (Å²) in [4.78, 5) is 0.0396. The number of benzene rings is 2. The number of sulfonamides is 1. The molecule has 0 aliphatic heterocycles. The van der Waals surface area contributed by atoms with Gasteiger partial charge in [0.2, 0.25) is 10.0 Å². The molecule has 0 fully saturated rings. The molecule has 5 nitrogen and oxygen atoms in total. The molecule has 0 saturated heterocycles. The van der Waals surface area contributed by atoms with E-state index in [-0.39, 0.29) is 4.90 Å². The van der Waals surface area contributed by atoms with Crippen molar-refractivity contribution < 1.29 is 8.42 Å². The van der Waals surface area contributed by atoms with Gasteiger partial charge in [-0.15, -0.1) is 0 Å². The van der Waals surface area contributed by atoms with Gasteiger partial charge in [0, 0.05) is 10.6 Å². The van der Waals surface area contributed by atoms with Crippen molar-refractivity contribution in [3.8, 4) is 0 Å². The van der Waals surface area contributed by atoms with Crippen LogP contribution in [0.5, 0.6) is 0 Å². The molecule has 0 amide bonds. The van der Waals surface area contributed by atoms with Crippen molar-refractivity contribution in [2.45, 2.75) is 4.90 Å². The molecule has 0 aliphatic carbocycles. The van der Waals surface area contributed by atoms with Gasteiger partial charge in [-0.25, -0.2) is 13.6 Å². The quantitative estimate of drug-likeness (QED) is 0.660. The van der Waals surface area contributed by atoms with Crippen LogP contribution in [0.2, 0.25) is 10.0 Å². The summed E-state index contributed by atoms with van der Waals surface area (Å²) in [5.74, 6) is 0. The molecule has 21 heavy (non-hydrogen) atoms. The van der Waals surface area contributed by atoms with E-state index in [0.717, 1.165) is 0 Å². The lowest BCUT2D eigenvalue weighted by atomic mass is 10.2. The van der Waals surface area contributed by atoms with Crippen LogP contribution in [-0.4, -0.2) is 14.6 Å². The van der Waals surface area contributed by atoms with Gasteiger partial charge in [-0.05, 0) is 36.4 Å². The molecule has 0 unspecified atom stereocenters. The van der Waals surface area contributed by atoms with Crippen molar-refractivity contribution in [3.63, 3.8) is 0 Å². The summed E-state index contributed by atoms with van der Waals surface area (Å²) in [6.45, 7) is 0. The maximum atomic E-state index is 11.1. The van der Waals surface area contributed by atoms with Gasteiger partial charge in [-0.1, -0.05) is 29.3 Å². The Balaban J connectivity index is 2.07. The first-order valence-corrected chi connectivity index (χ1v) is 8.03. The highest BCUT2D eigenvalue weighted by Gasteiger charge is 2.06. The average Bonchev–Trinajstić information content (AvgIpc) is 2.41. The van der Waals surface area contributed by atoms with Crippen LogP contribution >= 0.6 is 23.2 Å². The van der Waals surface area contributed by atoms with Crippen molar-refractivity contribution in [2.24, 2.45) is 10.2 Å².